The molecular weight excluding hydrogens is 398 g/mol. The van der Waals surface area contributed by atoms with Crippen molar-refractivity contribution in [1.29, 1.82) is 0 Å². The van der Waals surface area contributed by atoms with E-state index in [4.69, 9.17) is 10.7 Å². The molecule has 3 heterocycles. The van der Waals surface area contributed by atoms with Gasteiger partial charge in [0.25, 0.3) is 0 Å². The maximum absolute atomic E-state index is 9.73. The number of pyridine rings is 1. The van der Waals surface area contributed by atoms with Crippen LogP contribution in [0.2, 0.25) is 0 Å². The summed E-state index contributed by atoms with van der Waals surface area (Å²) in [6, 6.07) is 22.6. The van der Waals surface area contributed by atoms with Gasteiger partial charge in [0.15, 0.2) is 11.3 Å². The molecule has 5 aromatic rings. The van der Waals surface area contributed by atoms with Crippen molar-refractivity contribution in [2.24, 2.45) is 5.73 Å². The molecule has 6 rings (SSSR count). The first-order valence-corrected chi connectivity index (χ1v) is 10.8. The lowest BCUT2D eigenvalue weighted by atomic mass is 9.70. The van der Waals surface area contributed by atoms with Crippen LogP contribution >= 0.6 is 0 Å². The molecule has 1 saturated carbocycles. The first-order valence-electron chi connectivity index (χ1n) is 10.8. The SMILES string of the molecule is Cc1nc2ccnn2c2nc(-c3ccc(C4(N)CC(O)C4)cc3)c(-c3ccccc3)cc12. The molecule has 0 aliphatic heterocycles. The number of aliphatic hydroxyl groups is 1. The molecule has 6 nitrogen and oxygen atoms in total. The molecule has 158 valence electrons. The van der Waals surface area contributed by atoms with E-state index in [9.17, 15) is 5.11 Å². The highest BCUT2D eigenvalue weighted by Gasteiger charge is 2.41. The fourth-order valence-electron chi connectivity index (χ4n) is 4.74. The minimum Gasteiger partial charge on any atom is -0.393 e. The zero-order valence-corrected chi connectivity index (χ0v) is 17.7. The van der Waals surface area contributed by atoms with Gasteiger partial charge in [0, 0.05) is 28.1 Å². The predicted octanol–water partition coefficient (Wildman–Crippen LogP) is 4.23. The third-order valence-corrected chi connectivity index (χ3v) is 6.52. The zero-order chi connectivity index (χ0) is 21.9. The van der Waals surface area contributed by atoms with Crippen molar-refractivity contribution in [2.45, 2.75) is 31.4 Å². The minimum absolute atomic E-state index is 0.306. The van der Waals surface area contributed by atoms with Crippen molar-refractivity contribution in [3.63, 3.8) is 0 Å². The Kier molecular flexibility index (Phi) is 4.15. The highest BCUT2D eigenvalue weighted by molar-refractivity contribution is 5.92. The molecule has 0 saturated heterocycles. The second-order valence-electron chi connectivity index (χ2n) is 8.72. The third kappa shape index (κ3) is 2.92. The van der Waals surface area contributed by atoms with Crippen LogP contribution in [0.15, 0.2) is 72.9 Å². The van der Waals surface area contributed by atoms with Gasteiger partial charge in [-0.05, 0) is 37.0 Å². The summed E-state index contributed by atoms with van der Waals surface area (Å²) in [7, 11) is 0. The molecule has 6 heteroatoms. The number of nitrogens with zero attached hydrogens (tertiary/aromatic N) is 4. The highest BCUT2D eigenvalue weighted by atomic mass is 16.3. The van der Waals surface area contributed by atoms with Gasteiger partial charge in [0.1, 0.15) is 0 Å². The number of aryl methyl sites for hydroxylation is 1. The van der Waals surface area contributed by atoms with Gasteiger partial charge in [-0.25, -0.2) is 9.97 Å². The van der Waals surface area contributed by atoms with Crippen LogP contribution in [0.25, 0.3) is 39.1 Å². The Morgan fingerprint density at radius 3 is 2.44 bits per heavy atom. The summed E-state index contributed by atoms with van der Waals surface area (Å²) in [5, 5.41) is 15.2. The number of fused-ring (bicyclic) bond motifs is 3. The van der Waals surface area contributed by atoms with Crippen molar-refractivity contribution in [3.05, 3.63) is 84.2 Å². The summed E-state index contributed by atoms with van der Waals surface area (Å²) in [6.07, 6.45) is 2.63. The molecule has 32 heavy (non-hydrogen) atoms. The van der Waals surface area contributed by atoms with Crippen molar-refractivity contribution in [2.75, 3.05) is 0 Å². The second-order valence-corrected chi connectivity index (χ2v) is 8.72. The molecule has 0 spiro atoms. The van der Waals surface area contributed by atoms with Gasteiger partial charge in [0.05, 0.1) is 23.7 Å². The van der Waals surface area contributed by atoms with E-state index in [1.54, 1.807) is 10.7 Å². The van der Waals surface area contributed by atoms with Crippen LogP contribution in [0.4, 0.5) is 0 Å². The molecule has 0 amide bonds. The summed E-state index contributed by atoms with van der Waals surface area (Å²) in [4.78, 5) is 9.80. The lowest BCUT2D eigenvalue weighted by molar-refractivity contribution is 0.0209. The van der Waals surface area contributed by atoms with Gasteiger partial charge in [-0.1, -0.05) is 54.6 Å². The second kappa shape index (κ2) is 6.95. The average Bonchev–Trinajstić information content (AvgIpc) is 3.27. The fraction of sp³-hybridized carbons (Fsp3) is 0.192. The van der Waals surface area contributed by atoms with E-state index in [0.717, 1.165) is 50.3 Å². The summed E-state index contributed by atoms with van der Waals surface area (Å²) < 4.78 is 1.79. The molecule has 0 unspecified atom stereocenters. The van der Waals surface area contributed by atoms with E-state index in [1.807, 2.05) is 31.2 Å². The summed E-state index contributed by atoms with van der Waals surface area (Å²) in [5.41, 5.74) is 13.6. The highest BCUT2D eigenvalue weighted by Crippen LogP contribution is 2.40. The van der Waals surface area contributed by atoms with Crippen molar-refractivity contribution >= 4 is 16.7 Å². The van der Waals surface area contributed by atoms with Crippen LogP contribution in [0, 0.1) is 6.92 Å². The minimum atomic E-state index is -0.443. The maximum Gasteiger partial charge on any atom is 0.165 e. The van der Waals surface area contributed by atoms with Gasteiger partial charge in [-0.3, -0.25) is 0 Å². The smallest absolute Gasteiger partial charge is 0.165 e. The maximum atomic E-state index is 9.73. The molecule has 3 aromatic heterocycles. The lowest BCUT2D eigenvalue weighted by Crippen LogP contribution is -2.51. The van der Waals surface area contributed by atoms with Gasteiger partial charge in [-0.2, -0.15) is 9.61 Å². The van der Waals surface area contributed by atoms with E-state index < -0.39 is 5.54 Å². The van der Waals surface area contributed by atoms with E-state index in [2.05, 4.69) is 52.5 Å². The van der Waals surface area contributed by atoms with E-state index in [0.29, 0.717) is 12.8 Å². The standard InChI is InChI=1S/C26H23N5O/c1-16-21-13-22(17-5-3-2-4-6-17)24(30-25(21)31-23(29-16)11-12-28-31)18-7-9-19(10-8-18)26(27)14-20(32)15-26/h2-13,20,32H,14-15,27H2,1H3. The van der Waals surface area contributed by atoms with Crippen LogP contribution in [-0.4, -0.2) is 30.8 Å². The van der Waals surface area contributed by atoms with Crippen molar-refractivity contribution < 1.29 is 5.11 Å². The first-order chi connectivity index (χ1) is 15.5. The zero-order valence-electron chi connectivity index (χ0n) is 17.7. The van der Waals surface area contributed by atoms with E-state index >= 15 is 0 Å². The number of benzene rings is 2. The molecule has 0 radical (unpaired) electrons. The largest absolute Gasteiger partial charge is 0.393 e. The van der Waals surface area contributed by atoms with Crippen LogP contribution in [0.5, 0.6) is 0 Å². The normalized spacial score (nSPS) is 20.5. The van der Waals surface area contributed by atoms with Crippen LogP contribution in [0.3, 0.4) is 0 Å². The lowest BCUT2D eigenvalue weighted by Gasteiger charge is -2.42. The Morgan fingerprint density at radius 1 is 0.969 bits per heavy atom. The Balaban J connectivity index is 1.57. The quantitative estimate of drug-likeness (QED) is 0.455. The number of aromatic nitrogens is 4. The number of rotatable bonds is 3. The Bertz CT molecular complexity index is 1450. The molecule has 2 aromatic carbocycles. The van der Waals surface area contributed by atoms with Gasteiger partial charge in [0.2, 0.25) is 0 Å². The van der Waals surface area contributed by atoms with Gasteiger partial charge >= 0.3 is 0 Å². The average molecular weight is 422 g/mol. The van der Waals surface area contributed by atoms with Crippen molar-refractivity contribution in [1.82, 2.24) is 19.6 Å². The monoisotopic (exact) mass is 421 g/mol. The number of aliphatic hydroxyl groups excluding tert-OH is 1. The molecule has 0 bridgehead atoms. The van der Waals surface area contributed by atoms with Crippen LogP contribution in [0.1, 0.15) is 24.1 Å². The summed E-state index contributed by atoms with van der Waals surface area (Å²) in [5.74, 6) is 0. The number of hydrogen-bond acceptors (Lipinski definition) is 5. The Labute approximate surface area is 185 Å². The first kappa shape index (κ1) is 19.1. The fourth-order valence-corrected chi connectivity index (χ4v) is 4.74. The van der Waals surface area contributed by atoms with Gasteiger partial charge in [-0.15, -0.1) is 0 Å². The van der Waals surface area contributed by atoms with E-state index in [1.165, 1.54) is 0 Å². The van der Waals surface area contributed by atoms with Gasteiger partial charge < -0.3 is 10.8 Å². The predicted molar refractivity (Wildman–Crippen MR) is 125 cm³/mol. The van der Waals surface area contributed by atoms with Crippen LogP contribution < -0.4 is 5.73 Å². The number of hydrogen-bond donors (Lipinski definition) is 2. The van der Waals surface area contributed by atoms with Crippen molar-refractivity contribution in [3.8, 4) is 22.4 Å². The molecule has 1 aliphatic rings. The van der Waals surface area contributed by atoms with E-state index in [-0.39, 0.29) is 6.10 Å². The molecule has 1 aliphatic carbocycles. The number of nitrogens with two attached hydrogens (primary N) is 1. The molecule has 1 fully saturated rings. The van der Waals surface area contributed by atoms with Crippen LogP contribution in [-0.2, 0) is 5.54 Å². The Hall–Kier alpha value is -3.61. The Morgan fingerprint density at radius 2 is 1.72 bits per heavy atom. The summed E-state index contributed by atoms with van der Waals surface area (Å²) in [6.45, 7) is 2.01. The molecule has 3 N–H and O–H groups in total. The summed E-state index contributed by atoms with van der Waals surface area (Å²) >= 11 is 0. The third-order valence-electron chi connectivity index (χ3n) is 6.52. The molecule has 0 atom stereocenters. The molecular formula is C26H23N5O. The topological polar surface area (TPSA) is 89.3 Å².